The summed E-state index contributed by atoms with van der Waals surface area (Å²) in [7, 11) is -4.80. The minimum absolute atomic E-state index is 0.0905. The van der Waals surface area contributed by atoms with Gasteiger partial charge in [0.25, 0.3) is 0 Å². The van der Waals surface area contributed by atoms with E-state index in [0.29, 0.717) is 32.1 Å². The Kier molecular flexibility index (Phi) is 35.1. The zero-order valence-electron chi connectivity index (χ0n) is 32.5. The largest absolute Gasteiger partial charge is 0.469 e. The highest BCUT2D eigenvalue weighted by atomic mass is 31.2. The number of carbonyl (C=O) groups is 2. The van der Waals surface area contributed by atoms with Crippen molar-refractivity contribution in [2.75, 3.05) is 13.2 Å². The summed E-state index contributed by atoms with van der Waals surface area (Å²) < 4.78 is 26.2. The van der Waals surface area contributed by atoms with Gasteiger partial charge in [-0.25, -0.2) is 4.57 Å². The Bertz CT molecular complexity index is 1190. The summed E-state index contributed by atoms with van der Waals surface area (Å²) in [5, 5.41) is 9.97. The van der Waals surface area contributed by atoms with Gasteiger partial charge in [0.05, 0.1) is 12.7 Å². The van der Waals surface area contributed by atoms with Crippen molar-refractivity contribution in [1.82, 2.24) is 0 Å². The van der Waals surface area contributed by atoms with E-state index in [9.17, 15) is 19.3 Å². The smallest absolute Gasteiger partial charge is 0.462 e. The second-order valence-corrected chi connectivity index (χ2v) is 14.0. The number of aliphatic hydroxyl groups excluding tert-OH is 1. The molecule has 0 heterocycles. The number of phosphoric acid groups is 1. The van der Waals surface area contributed by atoms with Gasteiger partial charge >= 0.3 is 19.8 Å². The number of rotatable bonds is 34. The fourth-order valence-corrected chi connectivity index (χ4v) is 5.09. The van der Waals surface area contributed by atoms with E-state index in [4.69, 9.17) is 19.3 Å². The molecule has 3 N–H and O–H groups in total. The second-order valence-electron chi connectivity index (χ2n) is 12.7. The molecular formula is C43H69O9P. The molecule has 9 nitrogen and oxygen atoms in total. The van der Waals surface area contributed by atoms with Gasteiger partial charge in [-0.05, 0) is 83.5 Å². The topological polar surface area (TPSA) is 140 Å². The second kappa shape index (κ2) is 37.3. The summed E-state index contributed by atoms with van der Waals surface area (Å²) in [5.74, 6) is -1.03. The zero-order valence-corrected chi connectivity index (χ0v) is 33.4. The van der Waals surface area contributed by atoms with Crippen molar-refractivity contribution < 1.29 is 43.0 Å². The molecule has 1 unspecified atom stereocenters. The Labute approximate surface area is 320 Å². The van der Waals surface area contributed by atoms with Crippen molar-refractivity contribution in [2.24, 2.45) is 0 Å². The zero-order chi connectivity index (χ0) is 39.1. The maximum Gasteiger partial charge on any atom is 0.469 e. The summed E-state index contributed by atoms with van der Waals surface area (Å²) in [6, 6.07) is 0. The molecule has 300 valence electrons. The quantitative estimate of drug-likeness (QED) is 0.0192. The van der Waals surface area contributed by atoms with E-state index < -0.39 is 38.6 Å². The molecule has 0 saturated heterocycles. The Morgan fingerprint density at radius 2 is 1.15 bits per heavy atom. The summed E-state index contributed by atoms with van der Waals surface area (Å²) in [6.07, 6.45) is 47.3. The first-order chi connectivity index (χ1) is 25.7. The van der Waals surface area contributed by atoms with E-state index in [2.05, 4.69) is 67.0 Å². The van der Waals surface area contributed by atoms with Crippen LogP contribution in [0, 0.1) is 0 Å². The lowest BCUT2D eigenvalue weighted by atomic mass is 10.1. The predicted octanol–water partition coefficient (Wildman–Crippen LogP) is 10.8. The van der Waals surface area contributed by atoms with Crippen LogP contribution >= 0.6 is 7.82 Å². The third kappa shape index (κ3) is 40.0. The number of phosphoric ester groups is 1. The van der Waals surface area contributed by atoms with Crippen molar-refractivity contribution in [2.45, 2.75) is 148 Å². The van der Waals surface area contributed by atoms with Crippen LogP contribution in [0.3, 0.4) is 0 Å². The van der Waals surface area contributed by atoms with E-state index in [-0.39, 0.29) is 19.4 Å². The van der Waals surface area contributed by atoms with Gasteiger partial charge < -0.3 is 24.4 Å². The van der Waals surface area contributed by atoms with Crippen LogP contribution < -0.4 is 0 Å². The van der Waals surface area contributed by atoms with Crippen molar-refractivity contribution in [3.8, 4) is 0 Å². The minimum Gasteiger partial charge on any atom is -0.462 e. The van der Waals surface area contributed by atoms with E-state index in [0.717, 1.165) is 51.4 Å². The first-order valence-electron chi connectivity index (χ1n) is 19.6. The van der Waals surface area contributed by atoms with E-state index in [1.165, 1.54) is 25.7 Å². The number of allylic oxidation sites excluding steroid dienone is 14. The lowest BCUT2D eigenvalue weighted by Crippen LogP contribution is -2.29. The number of carbonyl (C=O) groups excluding carboxylic acids is 2. The first-order valence-corrected chi connectivity index (χ1v) is 21.2. The number of unbranched alkanes of at least 4 members (excludes halogenated alkanes) is 8. The van der Waals surface area contributed by atoms with Gasteiger partial charge in [-0.1, -0.05) is 137 Å². The van der Waals surface area contributed by atoms with Gasteiger partial charge in [-0.2, -0.15) is 0 Å². The fourth-order valence-electron chi connectivity index (χ4n) is 4.73. The number of ether oxygens (including phenoxy) is 2. The molecule has 0 aliphatic carbocycles. The molecule has 2 atom stereocenters. The number of aliphatic hydroxyl groups is 1. The Balaban J connectivity index is 4.19. The van der Waals surface area contributed by atoms with E-state index >= 15 is 0 Å². The van der Waals surface area contributed by atoms with Crippen LogP contribution in [-0.2, 0) is 28.2 Å². The summed E-state index contributed by atoms with van der Waals surface area (Å²) >= 11 is 0. The van der Waals surface area contributed by atoms with Crippen LogP contribution in [-0.4, -0.2) is 52.3 Å². The lowest BCUT2D eigenvalue weighted by Gasteiger charge is -2.18. The maximum atomic E-state index is 12.4. The summed E-state index contributed by atoms with van der Waals surface area (Å²) in [4.78, 5) is 42.7. The van der Waals surface area contributed by atoms with Gasteiger partial charge in [0.1, 0.15) is 6.61 Å². The average Bonchev–Trinajstić information content (AvgIpc) is 3.12. The molecule has 0 spiro atoms. The molecule has 0 aromatic heterocycles. The molecule has 0 rings (SSSR count). The molecule has 0 aliphatic heterocycles. The third-order valence-electron chi connectivity index (χ3n) is 7.67. The molecule has 0 aliphatic rings. The van der Waals surface area contributed by atoms with Gasteiger partial charge in [0.2, 0.25) is 0 Å². The van der Waals surface area contributed by atoms with Crippen LogP contribution in [0.5, 0.6) is 0 Å². The van der Waals surface area contributed by atoms with Crippen LogP contribution in [0.1, 0.15) is 136 Å². The van der Waals surface area contributed by atoms with Crippen molar-refractivity contribution in [3.05, 3.63) is 97.2 Å². The van der Waals surface area contributed by atoms with Gasteiger partial charge in [-0.3, -0.25) is 14.1 Å². The number of esters is 2. The molecule has 0 bridgehead atoms. The number of hydrogen-bond donors (Lipinski definition) is 3. The van der Waals surface area contributed by atoms with E-state index in [1.807, 2.05) is 42.5 Å². The molecule has 0 amide bonds. The number of hydrogen-bond acceptors (Lipinski definition) is 7. The lowest BCUT2D eigenvalue weighted by molar-refractivity contribution is -0.161. The molecule has 0 aromatic rings. The van der Waals surface area contributed by atoms with Crippen LogP contribution in [0.4, 0.5) is 0 Å². The highest BCUT2D eigenvalue weighted by molar-refractivity contribution is 7.46. The summed E-state index contributed by atoms with van der Waals surface area (Å²) in [5.41, 5.74) is 0. The molecule has 0 aromatic carbocycles. The van der Waals surface area contributed by atoms with Crippen molar-refractivity contribution in [3.63, 3.8) is 0 Å². The monoisotopic (exact) mass is 760 g/mol. The SMILES string of the molecule is CC/C=C\C/C=C\CC(O)/C=C/C=C\C/C=C\CCCC(=O)O[C@H](COC(=O)CCCCCC/C=C\C/C=C\C/C=C\CCCCC)COP(=O)(O)O. The third-order valence-corrected chi connectivity index (χ3v) is 8.15. The van der Waals surface area contributed by atoms with Crippen LogP contribution in [0.2, 0.25) is 0 Å². The molecule has 0 fully saturated rings. The Hall–Kier alpha value is -3.07. The van der Waals surface area contributed by atoms with Crippen molar-refractivity contribution in [1.29, 1.82) is 0 Å². The maximum absolute atomic E-state index is 12.4. The molecular weight excluding hydrogens is 691 g/mol. The molecule has 0 radical (unpaired) electrons. The average molecular weight is 761 g/mol. The van der Waals surface area contributed by atoms with Crippen LogP contribution in [0.25, 0.3) is 0 Å². The van der Waals surface area contributed by atoms with Crippen molar-refractivity contribution >= 4 is 19.8 Å². The highest BCUT2D eigenvalue weighted by Gasteiger charge is 2.22. The summed E-state index contributed by atoms with van der Waals surface area (Å²) in [6.45, 7) is 3.38. The first kappa shape index (κ1) is 49.9. The molecule has 10 heteroatoms. The predicted molar refractivity (Wildman–Crippen MR) is 217 cm³/mol. The van der Waals surface area contributed by atoms with Gasteiger partial charge in [0, 0.05) is 12.8 Å². The molecule has 0 saturated carbocycles. The van der Waals surface area contributed by atoms with Crippen LogP contribution in [0.15, 0.2) is 97.2 Å². The normalized spacial score (nSPS) is 14.1. The van der Waals surface area contributed by atoms with Gasteiger partial charge in [0.15, 0.2) is 6.10 Å². The highest BCUT2D eigenvalue weighted by Crippen LogP contribution is 2.35. The Morgan fingerprint density at radius 3 is 1.79 bits per heavy atom. The fraction of sp³-hybridized carbons (Fsp3) is 0.581. The minimum atomic E-state index is -4.80. The Morgan fingerprint density at radius 1 is 0.604 bits per heavy atom. The standard InChI is InChI=1S/C43H69O9P/c1-3-5-7-9-11-12-13-14-15-16-17-18-19-20-24-28-32-36-42(45)50-38-41(39-51-53(47,48)49)52-43(46)37-33-29-25-22-21-23-27-31-35-40(44)34-30-26-10-8-6-4-2/h6,8,11-12,14-15,17-18,22-23,25-27,30-31,35,40-41,44H,3-5,7,9-10,13,16,19-21,24,28-29,32-34,36-39H2,1-2H3,(H2,47,48,49)/b8-6-,12-11-,15-14-,18-17-,25-22-,27-23-,30-26-,35-31+/t40?,41-/m1/s1. The van der Waals surface area contributed by atoms with Gasteiger partial charge in [-0.15, -0.1) is 0 Å². The molecule has 53 heavy (non-hydrogen) atoms. The van der Waals surface area contributed by atoms with E-state index in [1.54, 1.807) is 6.08 Å².